The summed E-state index contributed by atoms with van der Waals surface area (Å²) < 4.78 is 5.82. The zero-order valence-electron chi connectivity index (χ0n) is 12.0. The zero-order valence-corrected chi connectivity index (χ0v) is 12.8. The molecule has 0 aliphatic carbocycles. The molecule has 4 heteroatoms. The highest BCUT2D eigenvalue weighted by atomic mass is 32.1. The summed E-state index contributed by atoms with van der Waals surface area (Å²) >= 11 is 1.77. The third-order valence-electron chi connectivity index (χ3n) is 3.13. The van der Waals surface area contributed by atoms with E-state index < -0.39 is 0 Å². The Morgan fingerprint density at radius 1 is 1.32 bits per heavy atom. The second-order valence-electron chi connectivity index (χ2n) is 4.82. The van der Waals surface area contributed by atoms with Crippen molar-refractivity contribution >= 4 is 11.3 Å². The van der Waals surface area contributed by atoms with Crippen LogP contribution in [0.3, 0.4) is 0 Å². The molecule has 0 aliphatic rings. The van der Waals surface area contributed by atoms with Gasteiger partial charge in [0.05, 0.1) is 11.1 Å². The number of aryl methyl sites for hydroxylation is 3. The first-order valence-corrected chi connectivity index (χ1v) is 7.75. The SMILES string of the molecule is CCCNCCCc1ncc(-c2cc(C)c(C)s2)o1. The van der Waals surface area contributed by atoms with Gasteiger partial charge in [-0.15, -0.1) is 11.3 Å². The first-order valence-electron chi connectivity index (χ1n) is 6.93. The summed E-state index contributed by atoms with van der Waals surface area (Å²) in [6.07, 6.45) is 5.00. The predicted octanol–water partition coefficient (Wildman–Crippen LogP) is 3.95. The van der Waals surface area contributed by atoms with E-state index in [-0.39, 0.29) is 0 Å². The van der Waals surface area contributed by atoms with E-state index >= 15 is 0 Å². The molecule has 0 unspecified atom stereocenters. The lowest BCUT2D eigenvalue weighted by atomic mass is 10.3. The normalized spacial score (nSPS) is 11.1. The van der Waals surface area contributed by atoms with Crippen LogP contribution < -0.4 is 5.32 Å². The smallest absolute Gasteiger partial charge is 0.194 e. The molecule has 2 aromatic heterocycles. The lowest BCUT2D eigenvalue weighted by molar-refractivity contribution is 0.492. The molecule has 1 N–H and O–H groups in total. The molecule has 0 aliphatic heterocycles. The van der Waals surface area contributed by atoms with Gasteiger partial charge in [0.1, 0.15) is 0 Å². The number of nitrogens with one attached hydrogen (secondary N) is 1. The Kier molecular flexibility index (Phi) is 5.16. The van der Waals surface area contributed by atoms with Crippen molar-refractivity contribution in [3.05, 3.63) is 28.6 Å². The van der Waals surface area contributed by atoms with Gasteiger partial charge in [0.25, 0.3) is 0 Å². The fourth-order valence-electron chi connectivity index (χ4n) is 1.90. The highest BCUT2D eigenvalue weighted by molar-refractivity contribution is 7.15. The third kappa shape index (κ3) is 3.91. The van der Waals surface area contributed by atoms with Crippen molar-refractivity contribution in [1.29, 1.82) is 0 Å². The van der Waals surface area contributed by atoms with Crippen molar-refractivity contribution in [2.24, 2.45) is 0 Å². The molecule has 0 amide bonds. The van der Waals surface area contributed by atoms with Crippen LogP contribution in [0.15, 0.2) is 16.7 Å². The van der Waals surface area contributed by atoms with Gasteiger partial charge in [-0.25, -0.2) is 4.98 Å². The van der Waals surface area contributed by atoms with Gasteiger partial charge in [-0.2, -0.15) is 0 Å². The molecule has 0 fully saturated rings. The molecule has 0 radical (unpaired) electrons. The highest BCUT2D eigenvalue weighted by Gasteiger charge is 2.09. The minimum Gasteiger partial charge on any atom is -0.440 e. The maximum Gasteiger partial charge on any atom is 0.194 e. The van der Waals surface area contributed by atoms with E-state index in [1.807, 2.05) is 6.20 Å². The molecule has 19 heavy (non-hydrogen) atoms. The molecule has 2 heterocycles. The van der Waals surface area contributed by atoms with Crippen LogP contribution in [0.4, 0.5) is 0 Å². The monoisotopic (exact) mass is 278 g/mol. The van der Waals surface area contributed by atoms with Gasteiger partial charge in [-0.3, -0.25) is 0 Å². The highest BCUT2D eigenvalue weighted by Crippen LogP contribution is 2.31. The van der Waals surface area contributed by atoms with Crippen LogP contribution in [0, 0.1) is 13.8 Å². The van der Waals surface area contributed by atoms with E-state index in [9.17, 15) is 0 Å². The van der Waals surface area contributed by atoms with Gasteiger partial charge < -0.3 is 9.73 Å². The Hall–Kier alpha value is -1.13. The standard InChI is InChI=1S/C15H22N2OS/c1-4-7-16-8-5-6-15-17-10-13(18-15)14-9-11(2)12(3)19-14/h9-10,16H,4-8H2,1-3H3. The number of nitrogens with zero attached hydrogens (tertiary/aromatic N) is 1. The second-order valence-corrected chi connectivity index (χ2v) is 6.08. The van der Waals surface area contributed by atoms with E-state index in [1.165, 1.54) is 21.7 Å². The van der Waals surface area contributed by atoms with Crippen LogP contribution in [0.1, 0.15) is 36.1 Å². The Bertz CT molecular complexity index is 496. The van der Waals surface area contributed by atoms with E-state index in [0.29, 0.717) is 0 Å². The maximum atomic E-state index is 5.82. The first-order chi connectivity index (χ1) is 9.20. The van der Waals surface area contributed by atoms with Crippen LogP contribution >= 0.6 is 11.3 Å². The number of oxazole rings is 1. The topological polar surface area (TPSA) is 38.1 Å². The summed E-state index contributed by atoms with van der Waals surface area (Å²) in [6.45, 7) is 8.57. The molecule has 0 aromatic carbocycles. The van der Waals surface area contributed by atoms with Crippen LogP contribution in [0.5, 0.6) is 0 Å². The average molecular weight is 278 g/mol. The van der Waals surface area contributed by atoms with Crippen LogP contribution in [0.2, 0.25) is 0 Å². The number of thiophene rings is 1. The second kappa shape index (κ2) is 6.87. The fraction of sp³-hybridized carbons (Fsp3) is 0.533. The summed E-state index contributed by atoms with van der Waals surface area (Å²) in [4.78, 5) is 6.88. The first kappa shape index (κ1) is 14.3. The van der Waals surface area contributed by atoms with Crippen molar-refractivity contribution in [3.8, 4) is 10.6 Å². The number of hydrogen-bond donors (Lipinski definition) is 1. The van der Waals surface area contributed by atoms with Gasteiger partial charge >= 0.3 is 0 Å². The van der Waals surface area contributed by atoms with E-state index in [1.54, 1.807) is 11.3 Å². The van der Waals surface area contributed by atoms with Crippen molar-refractivity contribution < 1.29 is 4.42 Å². The molecule has 0 atom stereocenters. The molecular weight excluding hydrogens is 256 g/mol. The zero-order chi connectivity index (χ0) is 13.7. The lowest BCUT2D eigenvalue weighted by Gasteiger charge is -2.00. The van der Waals surface area contributed by atoms with E-state index in [4.69, 9.17) is 4.42 Å². The molecule has 0 saturated carbocycles. The Balaban J connectivity index is 1.88. The van der Waals surface area contributed by atoms with Crippen molar-refractivity contribution in [1.82, 2.24) is 10.3 Å². The van der Waals surface area contributed by atoms with Crippen LogP contribution in [-0.4, -0.2) is 18.1 Å². The Morgan fingerprint density at radius 3 is 2.84 bits per heavy atom. The lowest BCUT2D eigenvalue weighted by Crippen LogP contribution is -2.16. The van der Waals surface area contributed by atoms with Gasteiger partial charge in [0.2, 0.25) is 0 Å². The minimum atomic E-state index is 0.844. The molecule has 0 bridgehead atoms. The summed E-state index contributed by atoms with van der Waals surface area (Å²) in [5.41, 5.74) is 1.32. The Morgan fingerprint density at radius 2 is 2.16 bits per heavy atom. The summed E-state index contributed by atoms with van der Waals surface area (Å²) in [5.74, 6) is 1.75. The van der Waals surface area contributed by atoms with Gasteiger partial charge in [-0.1, -0.05) is 6.92 Å². The molecule has 3 nitrogen and oxygen atoms in total. The van der Waals surface area contributed by atoms with Crippen molar-refractivity contribution in [3.63, 3.8) is 0 Å². The molecular formula is C15H22N2OS. The average Bonchev–Trinajstić information content (AvgIpc) is 2.97. The largest absolute Gasteiger partial charge is 0.440 e. The number of aromatic nitrogens is 1. The molecule has 2 rings (SSSR count). The number of rotatable bonds is 7. The van der Waals surface area contributed by atoms with Crippen molar-refractivity contribution in [2.75, 3.05) is 13.1 Å². The molecule has 2 aromatic rings. The minimum absolute atomic E-state index is 0.844. The van der Waals surface area contributed by atoms with Gasteiger partial charge in [-0.05, 0) is 51.4 Å². The van der Waals surface area contributed by atoms with Gasteiger partial charge in [0, 0.05) is 11.3 Å². The summed E-state index contributed by atoms with van der Waals surface area (Å²) in [6, 6.07) is 2.17. The van der Waals surface area contributed by atoms with Gasteiger partial charge in [0.15, 0.2) is 11.7 Å². The fourth-order valence-corrected chi connectivity index (χ4v) is 2.88. The Labute approximate surface area is 119 Å². The quantitative estimate of drug-likeness (QED) is 0.779. The van der Waals surface area contributed by atoms with Crippen LogP contribution in [-0.2, 0) is 6.42 Å². The summed E-state index contributed by atoms with van der Waals surface area (Å²) in [7, 11) is 0. The van der Waals surface area contributed by atoms with Crippen LogP contribution in [0.25, 0.3) is 10.6 Å². The molecule has 0 spiro atoms. The van der Waals surface area contributed by atoms with E-state index in [0.717, 1.165) is 37.6 Å². The number of hydrogen-bond acceptors (Lipinski definition) is 4. The summed E-state index contributed by atoms with van der Waals surface area (Å²) in [5, 5.41) is 3.39. The predicted molar refractivity (Wildman–Crippen MR) is 80.8 cm³/mol. The molecule has 104 valence electrons. The maximum absolute atomic E-state index is 5.82. The van der Waals surface area contributed by atoms with Crippen molar-refractivity contribution in [2.45, 2.75) is 40.0 Å². The van der Waals surface area contributed by atoms with E-state index in [2.05, 4.69) is 37.1 Å². The third-order valence-corrected chi connectivity index (χ3v) is 4.30. The molecule has 0 saturated heterocycles.